The minimum Gasteiger partial charge on any atom is -0.298 e. The summed E-state index contributed by atoms with van der Waals surface area (Å²) in [4.78, 5) is 10.8. The van der Waals surface area contributed by atoms with Gasteiger partial charge >= 0.3 is 0 Å². The zero-order valence-electron chi connectivity index (χ0n) is 7.77. The number of hydrogen-bond acceptors (Lipinski definition) is 1. The number of allylic oxidation sites excluding steroid dienone is 4. The Morgan fingerprint density at radius 2 is 2.23 bits per heavy atom. The zero-order chi connectivity index (χ0) is 9.47. The Labute approximate surface area is 83.5 Å². The molecule has 0 N–H and O–H groups in total. The summed E-state index contributed by atoms with van der Waals surface area (Å²) in [6.45, 7) is 2.18. The fraction of sp³-hybridized carbons (Fsp3) is 0.545. The lowest BCUT2D eigenvalue weighted by Gasteiger charge is -2.29. The van der Waals surface area contributed by atoms with Gasteiger partial charge < -0.3 is 0 Å². The van der Waals surface area contributed by atoms with E-state index in [1.165, 1.54) is 5.57 Å². The molecule has 13 heavy (non-hydrogen) atoms. The molecule has 2 heteroatoms. The Balaban J connectivity index is 2.45. The van der Waals surface area contributed by atoms with Crippen LogP contribution in [0.3, 0.4) is 0 Å². The molecule has 0 aliphatic heterocycles. The van der Waals surface area contributed by atoms with Gasteiger partial charge in [0.05, 0.1) is 0 Å². The number of carbonyl (C=O) groups is 1. The highest BCUT2D eigenvalue weighted by molar-refractivity contribution is 6.29. The second-order valence-corrected chi connectivity index (χ2v) is 4.62. The van der Waals surface area contributed by atoms with Crippen molar-refractivity contribution in [2.24, 2.45) is 5.41 Å². The molecular formula is C11H13ClO. The quantitative estimate of drug-likeness (QED) is 0.589. The molecule has 1 unspecified atom stereocenters. The van der Waals surface area contributed by atoms with E-state index in [4.69, 9.17) is 11.6 Å². The van der Waals surface area contributed by atoms with E-state index in [-0.39, 0.29) is 5.41 Å². The van der Waals surface area contributed by atoms with Crippen molar-refractivity contribution < 1.29 is 4.79 Å². The van der Waals surface area contributed by atoms with E-state index in [2.05, 4.69) is 13.0 Å². The molecule has 0 radical (unpaired) electrons. The van der Waals surface area contributed by atoms with Crippen molar-refractivity contribution in [2.45, 2.75) is 32.6 Å². The van der Waals surface area contributed by atoms with Crippen molar-refractivity contribution in [3.05, 3.63) is 22.3 Å². The molecule has 0 aromatic carbocycles. The molecule has 0 aromatic rings. The third-order valence-corrected chi connectivity index (χ3v) is 3.52. The van der Waals surface area contributed by atoms with E-state index in [1.807, 2.05) is 0 Å². The van der Waals surface area contributed by atoms with Gasteiger partial charge in [-0.05, 0) is 31.3 Å². The van der Waals surface area contributed by atoms with Crippen LogP contribution in [0, 0.1) is 5.41 Å². The molecule has 0 fully saturated rings. The highest BCUT2D eigenvalue weighted by atomic mass is 35.5. The van der Waals surface area contributed by atoms with Gasteiger partial charge in [-0.1, -0.05) is 30.2 Å². The van der Waals surface area contributed by atoms with E-state index < -0.39 is 0 Å². The minimum atomic E-state index is 0.0889. The van der Waals surface area contributed by atoms with Crippen LogP contribution in [0.1, 0.15) is 32.6 Å². The predicted molar refractivity (Wildman–Crippen MR) is 53.6 cm³/mol. The molecular weight excluding hydrogens is 184 g/mol. The first-order valence-corrected chi connectivity index (χ1v) is 5.08. The summed E-state index contributed by atoms with van der Waals surface area (Å²) in [5.41, 5.74) is 2.43. The number of carbonyl (C=O) groups excluding carboxylic acids is 1. The average molecular weight is 197 g/mol. The SMILES string of the molecule is CC12C=C(Cl)CCC1=C(C=O)CC2. The first kappa shape index (κ1) is 9.01. The van der Waals surface area contributed by atoms with Crippen molar-refractivity contribution in [3.8, 4) is 0 Å². The highest BCUT2D eigenvalue weighted by Crippen LogP contribution is 2.49. The summed E-state index contributed by atoms with van der Waals surface area (Å²) in [7, 11) is 0. The van der Waals surface area contributed by atoms with Crippen LogP contribution in [0.5, 0.6) is 0 Å². The maximum Gasteiger partial charge on any atom is 0.146 e. The Morgan fingerprint density at radius 1 is 1.46 bits per heavy atom. The highest BCUT2D eigenvalue weighted by Gasteiger charge is 2.36. The number of halogens is 1. The topological polar surface area (TPSA) is 17.1 Å². The van der Waals surface area contributed by atoms with Gasteiger partial charge in [-0.15, -0.1) is 0 Å². The largest absolute Gasteiger partial charge is 0.298 e. The van der Waals surface area contributed by atoms with Crippen LogP contribution in [-0.4, -0.2) is 6.29 Å². The summed E-state index contributed by atoms with van der Waals surface area (Å²) in [5, 5.41) is 0.957. The molecule has 2 aliphatic carbocycles. The van der Waals surface area contributed by atoms with Crippen LogP contribution in [0.25, 0.3) is 0 Å². The molecule has 70 valence electrons. The minimum absolute atomic E-state index is 0.0889. The number of fused-ring (bicyclic) bond motifs is 1. The lowest BCUT2D eigenvalue weighted by atomic mass is 9.77. The van der Waals surface area contributed by atoms with Gasteiger partial charge in [0.1, 0.15) is 6.29 Å². The smallest absolute Gasteiger partial charge is 0.146 e. The second kappa shape index (κ2) is 2.98. The van der Waals surface area contributed by atoms with Gasteiger partial charge in [0.15, 0.2) is 0 Å². The Morgan fingerprint density at radius 3 is 2.92 bits per heavy atom. The van der Waals surface area contributed by atoms with Crippen molar-refractivity contribution in [2.75, 3.05) is 0 Å². The molecule has 0 aromatic heterocycles. The van der Waals surface area contributed by atoms with E-state index in [1.54, 1.807) is 0 Å². The second-order valence-electron chi connectivity index (χ2n) is 4.13. The zero-order valence-corrected chi connectivity index (χ0v) is 8.53. The standard InChI is InChI=1S/C11H13ClO/c1-11-5-4-8(7-13)10(11)3-2-9(12)6-11/h6-7H,2-5H2,1H3. The third-order valence-electron chi connectivity index (χ3n) is 3.22. The fourth-order valence-electron chi connectivity index (χ4n) is 2.46. The maximum absolute atomic E-state index is 10.8. The first-order chi connectivity index (χ1) is 6.15. The molecule has 0 amide bonds. The van der Waals surface area contributed by atoms with E-state index in [0.717, 1.165) is 42.6 Å². The van der Waals surface area contributed by atoms with E-state index in [0.29, 0.717) is 0 Å². The van der Waals surface area contributed by atoms with Crippen LogP contribution >= 0.6 is 11.6 Å². The lowest BCUT2D eigenvalue weighted by Crippen LogP contribution is -2.16. The van der Waals surface area contributed by atoms with Crippen LogP contribution < -0.4 is 0 Å². The molecule has 2 aliphatic rings. The van der Waals surface area contributed by atoms with E-state index >= 15 is 0 Å². The third kappa shape index (κ3) is 1.35. The predicted octanol–water partition coefficient (Wildman–Crippen LogP) is 3.20. The van der Waals surface area contributed by atoms with Crippen LogP contribution in [0.2, 0.25) is 0 Å². The maximum atomic E-state index is 10.8. The first-order valence-electron chi connectivity index (χ1n) is 4.70. The summed E-state index contributed by atoms with van der Waals surface area (Å²) in [6.07, 6.45) is 7.00. The number of rotatable bonds is 1. The Kier molecular flexibility index (Phi) is 2.07. The Bertz CT molecular complexity index is 314. The van der Waals surface area contributed by atoms with Crippen molar-refractivity contribution in [1.82, 2.24) is 0 Å². The van der Waals surface area contributed by atoms with Gasteiger partial charge in [-0.3, -0.25) is 4.79 Å². The summed E-state index contributed by atoms with van der Waals surface area (Å²) in [6, 6.07) is 0. The number of hydrogen-bond donors (Lipinski definition) is 0. The number of aldehydes is 1. The van der Waals surface area contributed by atoms with Crippen LogP contribution in [0.4, 0.5) is 0 Å². The molecule has 2 rings (SSSR count). The molecule has 0 heterocycles. The summed E-state index contributed by atoms with van der Waals surface area (Å²) in [5.74, 6) is 0. The summed E-state index contributed by atoms with van der Waals surface area (Å²) < 4.78 is 0. The molecule has 0 spiro atoms. The lowest BCUT2D eigenvalue weighted by molar-refractivity contribution is -0.105. The molecule has 1 atom stereocenters. The van der Waals surface area contributed by atoms with Gasteiger partial charge in [0, 0.05) is 10.4 Å². The van der Waals surface area contributed by atoms with Gasteiger partial charge in [0.2, 0.25) is 0 Å². The molecule has 0 bridgehead atoms. The van der Waals surface area contributed by atoms with Gasteiger partial charge in [0.25, 0.3) is 0 Å². The van der Waals surface area contributed by atoms with E-state index in [9.17, 15) is 4.79 Å². The molecule has 0 saturated carbocycles. The average Bonchev–Trinajstić information content (AvgIpc) is 2.40. The van der Waals surface area contributed by atoms with Crippen LogP contribution in [0.15, 0.2) is 22.3 Å². The van der Waals surface area contributed by atoms with Gasteiger partial charge in [-0.2, -0.15) is 0 Å². The van der Waals surface area contributed by atoms with Gasteiger partial charge in [-0.25, -0.2) is 0 Å². The Hall–Kier alpha value is -0.560. The molecule has 1 nitrogen and oxygen atoms in total. The molecule has 0 saturated heterocycles. The normalized spacial score (nSPS) is 32.9. The van der Waals surface area contributed by atoms with Crippen LogP contribution in [-0.2, 0) is 4.79 Å². The monoisotopic (exact) mass is 196 g/mol. The van der Waals surface area contributed by atoms with Crippen molar-refractivity contribution in [1.29, 1.82) is 0 Å². The fourth-order valence-corrected chi connectivity index (χ4v) is 2.80. The summed E-state index contributed by atoms with van der Waals surface area (Å²) >= 11 is 6.01. The van der Waals surface area contributed by atoms with Crippen molar-refractivity contribution >= 4 is 17.9 Å². The van der Waals surface area contributed by atoms with Crippen molar-refractivity contribution in [3.63, 3.8) is 0 Å².